The number of nitrogens with one attached hydrogen (secondary N) is 1. The van der Waals surface area contributed by atoms with Gasteiger partial charge >= 0.3 is 0 Å². The lowest BCUT2D eigenvalue weighted by Gasteiger charge is -2.36. The second-order valence-corrected chi connectivity index (χ2v) is 8.54. The Balaban J connectivity index is 1.27. The van der Waals surface area contributed by atoms with Gasteiger partial charge in [0.25, 0.3) is 5.56 Å². The van der Waals surface area contributed by atoms with Gasteiger partial charge in [-0.15, -0.1) is 0 Å². The zero-order valence-corrected chi connectivity index (χ0v) is 18.5. The monoisotopic (exact) mass is 435 g/mol. The van der Waals surface area contributed by atoms with Crippen LogP contribution in [0.3, 0.4) is 0 Å². The zero-order valence-electron chi connectivity index (χ0n) is 18.5. The van der Waals surface area contributed by atoms with Crippen LogP contribution >= 0.6 is 0 Å². The third-order valence-electron chi connectivity index (χ3n) is 6.34. The van der Waals surface area contributed by atoms with E-state index in [1.807, 2.05) is 19.1 Å². The number of likely N-dealkylation sites (tertiary alicyclic amines) is 1. The molecule has 1 unspecified atom stereocenters. The van der Waals surface area contributed by atoms with E-state index < -0.39 is 0 Å². The first-order chi connectivity index (χ1) is 15.7. The number of aryl methyl sites for hydroxylation is 1. The topological polar surface area (TPSA) is 98.1 Å². The van der Waals surface area contributed by atoms with Crippen LogP contribution in [0.4, 0.5) is 5.82 Å². The van der Waals surface area contributed by atoms with E-state index in [0.29, 0.717) is 37.3 Å². The van der Waals surface area contributed by atoms with Crippen LogP contribution in [0.25, 0.3) is 11.0 Å². The summed E-state index contributed by atoms with van der Waals surface area (Å²) in [6.07, 6.45) is 6.04. The van der Waals surface area contributed by atoms with Gasteiger partial charge in [0, 0.05) is 43.4 Å². The summed E-state index contributed by atoms with van der Waals surface area (Å²) in [5.41, 5.74) is 2.59. The molecule has 2 aliphatic heterocycles. The van der Waals surface area contributed by atoms with E-state index in [4.69, 9.17) is 4.74 Å². The summed E-state index contributed by atoms with van der Waals surface area (Å²) in [5, 5.41) is 9.10. The Hall–Kier alpha value is -2.91. The Morgan fingerprint density at radius 2 is 2.19 bits per heavy atom. The Morgan fingerprint density at radius 1 is 1.25 bits per heavy atom. The minimum absolute atomic E-state index is 0.0450. The number of rotatable bonds is 6. The van der Waals surface area contributed by atoms with E-state index in [1.54, 1.807) is 16.9 Å². The maximum atomic E-state index is 12.5. The van der Waals surface area contributed by atoms with Crippen molar-refractivity contribution in [3.05, 3.63) is 51.8 Å². The molecule has 0 aromatic carbocycles. The average molecular weight is 436 g/mol. The van der Waals surface area contributed by atoms with Gasteiger partial charge in [-0.3, -0.25) is 9.69 Å². The molecule has 5 heterocycles. The van der Waals surface area contributed by atoms with Gasteiger partial charge in [-0.1, -0.05) is 6.42 Å². The van der Waals surface area contributed by atoms with E-state index in [9.17, 15) is 4.79 Å². The minimum atomic E-state index is -0.0450. The summed E-state index contributed by atoms with van der Waals surface area (Å²) in [6.45, 7) is 6.29. The number of anilines is 1. The molecule has 0 bridgehead atoms. The van der Waals surface area contributed by atoms with Crippen molar-refractivity contribution in [2.75, 3.05) is 31.6 Å². The van der Waals surface area contributed by atoms with Crippen molar-refractivity contribution in [3.63, 3.8) is 0 Å². The number of hydrogen-bond acceptors (Lipinski definition) is 8. The molecule has 2 aliphatic rings. The van der Waals surface area contributed by atoms with Crippen molar-refractivity contribution < 1.29 is 4.74 Å². The summed E-state index contributed by atoms with van der Waals surface area (Å²) in [4.78, 5) is 28.4. The Morgan fingerprint density at radius 3 is 3.12 bits per heavy atom. The summed E-state index contributed by atoms with van der Waals surface area (Å²) in [5.74, 6) is 1.54. The molecule has 3 aromatic heterocycles. The highest BCUT2D eigenvalue weighted by Crippen LogP contribution is 2.21. The summed E-state index contributed by atoms with van der Waals surface area (Å²) in [6, 6.07) is 5.98. The van der Waals surface area contributed by atoms with Crippen LogP contribution in [0.5, 0.6) is 0 Å². The average Bonchev–Trinajstić information content (AvgIpc) is 2.81. The highest BCUT2D eigenvalue weighted by Gasteiger charge is 2.23. The molecule has 3 aromatic rings. The highest BCUT2D eigenvalue weighted by atomic mass is 16.5. The molecule has 9 heteroatoms. The largest absolute Gasteiger partial charge is 0.376 e. The van der Waals surface area contributed by atoms with Crippen molar-refractivity contribution in [1.82, 2.24) is 29.6 Å². The lowest BCUT2D eigenvalue weighted by molar-refractivity contribution is 0.107. The molecule has 1 N–H and O–H groups in total. The van der Waals surface area contributed by atoms with Crippen LogP contribution in [0.15, 0.2) is 29.2 Å². The third kappa shape index (κ3) is 4.49. The fourth-order valence-electron chi connectivity index (χ4n) is 4.64. The first-order valence-electron chi connectivity index (χ1n) is 11.4. The van der Waals surface area contributed by atoms with Crippen LogP contribution in [0, 0.1) is 6.92 Å². The van der Waals surface area contributed by atoms with E-state index in [-0.39, 0.29) is 5.56 Å². The number of pyridine rings is 1. The molecule has 1 fully saturated rings. The fraction of sp³-hybridized carbons (Fsp3) is 0.522. The fourth-order valence-corrected chi connectivity index (χ4v) is 4.64. The van der Waals surface area contributed by atoms with Crippen molar-refractivity contribution in [2.45, 2.75) is 51.8 Å². The molecule has 0 radical (unpaired) electrons. The molecule has 1 saturated heterocycles. The van der Waals surface area contributed by atoms with Crippen LogP contribution in [-0.4, -0.2) is 61.9 Å². The molecule has 0 spiro atoms. The maximum absolute atomic E-state index is 12.5. The normalized spacial score (nSPS) is 19.1. The van der Waals surface area contributed by atoms with Crippen molar-refractivity contribution in [1.29, 1.82) is 0 Å². The lowest BCUT2D eigenvalue weighted by Crippen LogP contribution is -2.46. The molecule has 9 nitrogen and oxygen atoms in total. The zero-order chi connectivity index (χ0) is 21.9. The quantitative estimate of drug-likeness (QED) is 0.627. The lowest BCUT2D eigenvalue weighted by atomic mass is 10.0. The maximum Gasteiger partial charge on any atom is 0.267 e. The Bertz CT molecular complexity index is 1160. The number of piperidine rings is 1. The summed E-state index contributed by atoms with van der Waals surface area (Å²) < 4.78 is 7.06. The molecule has 32 heavy (non-hydrogen) atoms. The third-order valence-corrected chi connectivity index (χ3v) is 6.34. The van der Waals surface area contributed by atoms with Crippen LogP contribution < -0.4 is 10.9 Å². The summed E-state index contributed by atoms with van der Waals surface area (Å²) in [7, 11) is 0. The molecule has 5 rings (SSSR count). The number of hydrogen-bond donors (Lipinski definition) is 1. The van der Waals surface area contributed by atoms with E-state index in [1.165, 1.54) is 12.8 Å². The second kappa shape index (κ2) is 9.30. The van der Waals surface area contributed by atoms with Gasteiger partial charge in [0.05, 0.1) is 30.8 Å². The van der Waals surface area contributed by atoms with Gasteiger partial charge in [-0.25, -0.2) is 19.6 Å². The predicted octanol–water partition coefficient (Wildman–Crippen LogP) is 1.93. The first-order valence-corrected chi connectivity index (χ1v) is 11.4. The smallest absolute Gasteiger partial charge is 0.267 e. The van der Waals surface area contributed by atoms with Gasteiger partial charge in [-0.05, 0) is 38.4 Å². The number of ether oxygens (including phenoxy) is 1. The van der Waals surface area contributed by atoms with Gasteiger partial charge in [-0.2, -0.15) is 5.10 Å². The number of fused-ring (bicyclic) bond motifs is 2. The van der Waals surface area contributed by atoms with Gasteiger partial charge in [0.15, 0.2) is 5.65 Å². The first kappa shape index (κ1) is 21.0. The molecule has 168 valence electrons. The van der Waals surface area contributed by atoms with E-state index in [2.05, 4.69) is 30.3 Å². The Labute approximate surface area is 186 Å². The van der Waals surface area contributed by atoms with E-state index in [0.717, 1.165) is 54.9 Å². The van der Waals surface area contributed by atoms with Crippen LogP contribution in [-0.2, 0) is 24.3 Å². The number of nitrogens with zero attached hydrogens (tertiary/aromatic N) is 6. The molecule has 0 saturated carbocycles. The SMILES string of the molecule is Cc1nc(NCC2CCCCN2CCn2nc3c(cc2=O)COCC3)c2cccnc2n1. The molecular weight excluding hydrogens is 406 g/mol. The molecule has 1 atom stereocenters. The molecule has 0 aliphatic carbocycles. The van der Waals surface area contributed by atoms with Crippen molar-refractivity contribution in [3.8, 4) is 0 Å². The highest BCUT2D eigenvalue weighted by molar-refractivity contribution is 5.86. The minimum Gasteiger partial charge on any atom is -0.376 e. The van der Waals surface area contributed by atoms with Crippen molar-refractivity contribution in [2.24, 2.45) is 0 Å². The van der Waals surface area contributed by atoms with Gasteiger partial charge < -0.3 is 10.1 Å². The molecular formula is C23H29N7O2. The summed E-state index contributed by atoms with van der Waals surface area (Å²) >= 11 is 0. The van der Waals surface area contributed by atoms with Crippen LogP contribution in [0.2, 0.25) is 0 Å². The van der Waals surface area contributed by atoms with Gasteiger partial charge in [0.1, 0.15) is 11.6 Å². The Kier molecular flexibility index (Phi) is 6.09. The molecule has 0 amide bonds. The predicted molar refractivity (Wildman–Crippen MR) is 122 cm³/mol. The van der Waals surface area contributed by atoms with Crippen molar-refractivity contribution >= 4 is 16.9 Å². The van der Waals surface area contributed by atoms with E-state index >= 15 is 0 Å². The van der Waals surface area contributed by atoms with Gasteiger partial charge in [0.2, 0.25) is 0 Å². The second-order valence-electron chi connectivity index (χ2n) is 8.54. The standard InChI is InChI=1S/C23H29N7O2/c1-16-26-22-19(6-4-8-24-22)23(27-16)25-14-18-5-2-3-9-29(18)10-11-30-21(31)13-17-15-32-12-7-20(17)28-30/h4,6,8,13,18H,2-3,5,7,9-12,14-15H2,1H3,(H,24,25,26,27). The number of aromatic nitrogens is 5. The van der Waals surface area contributed by atoms with Crippen LogP contribution in [0.1, 0.15) is 36.3 Å².